The molecule has 0 amide bonds. The van der Waals surface area contributed by atoms with Gasteiger partial charge < -0.3 is 5.32 Å². The second-order valence-electron chi connectivity index (χ2n) is 5.78. The van der Waals surface area contributed by atoms with Crippen LogP contribution in [0.4, 0.5) is 0 Å². The first kappa shape index (κ1) is 15.8. The van der Waals surface area contributed by atoms with Crippen molar-refractivity contribution in [1.29, 1.82) is 0 Å². The Balaban J connectivity index is 1.62. The zero-order valence-electron chi connectivity index (χ0n) is 13.3. The van der Waals surface area contributed by atoms with Crippen LogP contribution in [-0.4, -0.2) is 15.7 Å². The van der Waals surface area contributed by atoms with Crippen molar-refractivity contribution in [3.8, 4) is 0 Å². The summed E-state index contributed by atoms with van der Waals surface area (Å²) in [6, 6.07) is 14.1. The Kier molecular flexibility index (Phi) is 4.55. The molecular formula is C18H20ClN3O. The number of benzene rings is 2. The molecule has 0 saturated heterocycles. The summed E-state index contributed by atoms with van der Waals surface area (Å²) in [6.07, 6.45) is 0.962. The molecule has 3 aromatic rings. The lowest BCUT2D eigenvalue weighted by molar-refractivity contribution is 0.687. The largest absolute Gasteiger partial charge is 0.328 e. The van der Waals surface area contributed by atoms with Crippen molar-refractivity contribution in [2.75, 3.05) is 6.54 Å². The van der Waals surface area contributed by atoms with Crippen LogP contribution in [0.25, 0.3) is 11.0 Å². The van der Waals surface area contributed by atoms with Gasteiger partial charge in [-0.3, -0.25) is 9.13 Å². The highest BCUT2D eigenvalue weighted by molar-refractivity contribution is 6.30. The van der Waals surface area contributed by atoms with E-state index < -0.39 is 0 Å². The lowest BCUT2D eigenvalue weighted by atomic mass is 10.1. The van der Waals surface area contributed by atoms with Crippen LogP contribution in [0.3, 0.4) is 0 Å². The van der Waals surface area contributed by atoms with Gasteiger partial charge in [-0.25, -0.2) is 4.79 Å². The van der Waals surface area contributed by atoms with Crippen molar-refractivity contribution in [2.45, 2.75) is 13.0 Å². The lowest BCUT2D eigenvalue weighted by Gasteiger charge is -2.06. The number of halogens is 1. The molecule has 0 spiro atoms. The van der Waals surface area contributed by atoms with Gasteiger partial charge in [0, 0.05) is 25.7 Å². The molecule has 0 aliphatic heterocycles. The number of aromatic nitrogens is 2. The summed E-state index contributed by atoms with van der Waals surface area (Å²) >= 11 is 5.88. The highest BCUT2D eigenvalue weighted by atomic mass is 35.5. The Bertz CT molecular complexity index is 878. The maximum Gasteiger partial charge on any atom is 0.328 e. The number of nitrogens with zero attached hydrogens (tertiary/aromatic N) is 2. The average Bonchev–Trinajstić information content (AvgIpc) is 2.78. The number of hydrogen-bond donors (Lipinski definition) is 1. The fourth-order valence-corrected chi connectivity index (χ4v) is 2.90. The Morgan fingerprint density at radius 3 is 2.35 bits per heavy atom. The van der Waals surface area contributed by atoms with E-state index in [1.807, 2.05) is 25.2 Å². The highest BCUT2D eigenvalue weighted by Gasteiger charge is 2.07. The molecule has 0 aliphatic carbocycles. The van der Waals surface area contributed by atoms with Crippen LogP contribution in [-0.2, 0) is 27.1 Å². The quantitative estimate of drug-likeness (QED) is 0.731. The lowest BCUT2D eigenvalue weighted by Crippen LogP contribution is -2.19. The monoisotopic (exact) mass is 329 g/mol. The normalized spacial score (nSPS) is 11.3. The van der Waals surface area contributed by atoms with Gasteiger partial charge in [0.1, 0.15) is 0 Å². The van der Waals surface area contributed by atoms with E-state index in [1.54, 1.807) is 16.2 Å². The summed E-state index contributed by atoms with van der Waals surface area (Å²) < 4.78 is 3.36. The summed E-state index contributed by atoms with van der Waals surface area (Å²) in [5.41, 5.74) is 4.38. The summed E-state index contributed by atoms with van der Waals surface area (Å²) in [7, 11) is 3.61. The summed E-state index contributed by atoms with van der Waals surface area (Å²) in [6.45, 7) is 1.68. The molecule has 23 heavy (non-hydrogen) atoms. The van der Waals surface area contributed by atoms with Gasteiger partial charge in [-0.2, -0.15) is 0 Å². The molecular weight excluding hydrogens is 310 g/mol. The van der Waals surface area contributed by atoms with Crippen molar-refractivity contribution in [3.63, 3.8) is 0 Å². The van der Waals surface area contributed by atoms with Crippen LogP contribution in [0.5, 0.6) is 0 Å². The molecule has 0 fully saturated rings. The maximum atomic E-state index is 11.9. The van der Waals surface area contributed by atoms with Crippen molar-refractivity contribution in [2.24, 2.45) is 14.1 Å². The first-order valence-corrected chi connectivity index (χ1v) is 8.03. The second kappa shape index (κ2) is 6.60. The Morgan fingerprint density at radius 1 is 0.957 bits per heavy atom. The van der Waals surface area contributed by atoms with E-state index in [0.29, 0.717) is 0 Å². The average molecular weight is 330 g/mol. The smallest absolute Gasteiger partial charge is 0.312 e. The summed E-state index contributed by atoms with van der Waals surface area (Å²) in [5, 5.41) is 4.21. The zero-order chi connectivity index (χ0) is 16.4. The van der Waals surface area contributed by atoms with Crippen molar-refractivity contribution < 1.29 is 0 Å². The van der Waals surface area contributed by atoms with Crippen molar-refractivity contribution in [1.82, 2.24) is 14.5 Å². The third-order valence-electron chi connectivity index (χ3n) is 4.17. The molecule has 0 bridgehead atoms. The molecule has 2 aromatic carbocycles. The van der Waals surface area contributed by atoms with Gasteiger partial charge in [-0.1, -0.05) is 29.8 Å². The number of fused-ring (bicyclic) bond motifs is 1. The molecule has 1 heterocycles. The van der Waals surface area contributed by atoms with E-state index in [-0.39, 0.29) is 5.69 Å². The zero-order valence-corrected chi connectivity index (χ0v) is 14.1. The van der Waals surface area contributed by atoms with Gasteiger partial charge in [-0.15, -0.1) is 0 Å². The van der Waals surface area contributed by atoms with Gasteiger partial charge in [0.25, 0.3) is 0 Å². The van der Waals surface area contributed by atoms with E-state index in [4.69, 9.17) is 11.6 Å². The summed E-state index contributed by atoms with van der Waals surface area (Å²) in [5.74, 6) is 0. The molecule has 120 valence electrons. The van der Waals surface area contributed by atoms with Crippen LogP contribution < -0.4 is 11.0 Å². The predicted molar refractivity (Wildman–Crippen MR) is 95.0 cm³/mol. The molecule has 3 rings (SSSR count). The van der Waals surface area contributed by atoms with E-state index >= 15 is 0 Å². The molecule has 0 radical (unpaired) electrons. The Morgan fingerprint density at radius 2 is 1.61 bits per heavy atom. The van der Waals surface area contributed by atoms with Crippen LogP contribution >= 0.6 is 11.6 Å². The van der Waals surface area contributed by atoms with Crippen LogP contribution in [0.2, 0.25) is 5.02 Å². The highest BCUT2D eigenvalue weighted by Crippen LogP contribution is 2.14. The van der Waals surface area contributed by atoms with Gasteiger partial charge >= 0.3 is 5.69 Å². The maximum absolute atomic E-state index is 11.9. The molecule has 0 atom stereocenters. The fraction of sp³-hybridized carbons (Fsp3) is 0.278. The molecule has 4 nitrogen and oxygen atoms in total. The number of hydrogen-bond acceptors (Lipinski definition) is 2. The number of rotatable bonds is 5. The third-order valence-corrected chi connectivity index (χ3v) is 4.42. The molecule has 1 N–H and O–H groups in total. The first-order valence-electron chi connectivity index (χ1n) is 7.66. The van der Waals surface area contributed by atoms with E-state index in [2.05, 4.69) is 29.6 Å². The molecule has 1 aromatic heterocycles. The number of aryl methyl sites for hydroxylation is 2. The predicted octanol–water partition coefficient (Wildman–Crippen LogP) is 2.86. The molecule has 0 aliphatic rings. The second-order valence-corrected chi connectivity index (χ2v) is 6.21. The minimum Gasteiger partial charge on any atom is -0.312 e. The fourth-order valence-electron chi connectivity index (χ4n) is 2.78. The minimum absolute atomic E-state index is 0.00727. The van der Waals surface area contributed by atoms with Gasteiger partial charge in [0.15, 0.2) is 0 Å². The topological polar surface area (TPSA) is 39.0 Å². The van der Waals surface area contributed by atoms with E-state index in [1.165, 1.54) is 11.1 Å². The molecule has 0 unspecified atom stereocenters. The Hall–Kier alpha value is -2.04. The van der Waals surface area contributed by atoms with E-state index in [0.717, 1.165) is 35.6 Å². The molecule has 0 saturated carbocycles. The van der Waals surface area contributed by atoms with Gasteiger partial charge in [-0.05, 0) is 48.4 Å². The SMILES string of the molecule is Cn1c(=O)n(C)c2cc(CNCCc3ccc(Cl)cc3)ccc21. The minimum atomic E-state index is 0.00727. The van der Waals surface area contributed by atoms with Crippen molar-refractivity contribution >= 4 is 22.6 Å². The van der Waals surface area contributed by atoms with Crippen LogP contribution in [0.15, 0.2) is 47.3 Å². The third kappa shape index (κ3) is 3.33. The van der Waals surface area contributed by atoms with Gasteiger partial charge in [0.2, 0.25) is 0 Å². The van der Waals surface area contributed by atoms with Gasteiger partial charge in [0.05, 0.1) is 11.0 Å². The van der Waals surface area contributed by atoms with Crippen LogP contribution in [0, 0.1) is 0 Å². The van der Waals surface area contributed by atoms with Crippen LogP contribution in [0.1, 0.15) is 11.1 Å². The van der Waals surface area contributed by atoms with Crippen molar-refractivity contribution in [3.05, 3.63) is 69.1 Å². The number of imidazole rings is 1. The number of nitrogens with one attached hydrogen (secondary N) is 1. The first-order chi connectivity index (χ1) is 11.1. The molecule has 5 heteroatoms. The summed E-state index contributed by atoms with van der Waals surface area (Å²) in [4.78, 5) is 11.9. The standard InChI is InChI=1S/C18H20ClN3O/c1-21-16-8-5-14(11-17(16)22(2)18(21)23)12-20-10-9-13-3-6-15(19)7-4-13/h3-8,11,20H,9-10,12H2,1-2H3. The Labute approximate surface area is 140 Å². The van der Waals surface area contributed by atoms with E-state index in [9.17, 15) is 4.79 Å².